The molecule has 76 valence electrons. The monoisotopic (exact) mass is 205 g/mol. The van der Waals surface area contributed by atoms with Crippen LogP contribution in [0.1, 0.15) is 26.2 Å². The fraction of sp³-hybridized carbons (Fsp3) is 0.875. The average molecular weight is 205 g/mol. The predicted molar refractivity (Wildman–Crippen MR) is 50.1 cm³/mol. The average Bonchev–Trinajstić information content (AvgIpc) is 1.95. The van der Waals surface area contributed by atoms with Crippen LogP contribution in [-0.2, 0) is 14.6 Å². The Kier molecular flexibility index (Phi) is 2.77. The van der Waals surface area contributed by atoms with E-state index in [1.165, 1.54) is 6.92 Å². The molecule has 0 atom stereocenters. The number of carbonyl (C=O) groups excluding carboxylic acids is 1. The Morgan fingerprint density at radius 3 is 2.23 bits per heavy atom. The standard InChI is InChI=1S/C8H15NO3S/c1-7(10)6-8(9)2-4-13(11,12)5-3-8/h2-6,9H2,1H3. The van der Waals surface area contributed by atoms with Crippen LogP contribution in [0.5, 0.6) is 0 Å². The molecule has 0 amide bonds. The maximum Gasteiger partial charge on any atom is 0.150 e. The van der Waals surface area contributed by atoms with Crippen molar-refractivity contribution in [3.05, 3.63) is 0 Å². The zero-order valence-electron chi connectivity index (χ0n) is 7.75. The summed E-state index contributed by atoms with van der Waals surface area (Å²) in [7, 11) is -2.88. The molecule has 0 unspecified atom stereocenters. The summed E-state index contributed by atoms with van der Waals surface area (Å²) in [4.78, 5) is 10.8. The molecule has 2 N–H and O–H groups in total. The van der Waals surface area contributed by atoms with Gasteiger partial charge < -0.3 is 5.73 Å². The summed E-state index contributed by atoms with van der Waals surface area (Å²) < 4.78 is 22.2. The van der Waals surface area contributed by atoms with E-state index in [0.717, 1.165) is 0 Å². The molecule has 1 rings (SSSR count). The van der Waals surface area contributed by atoms with Crippen LogP contribution in [0.2, 0.25) is 0 Å². The molecule has 0 spiro atoms. The van der Waals surface area contributed by atoms with Crippen LogP contribution in [0, 0.1) is 0 Å². The molecule has 1 aliphatic rings. The highest BCUT2D eigenvalue weighted by Crippen LogP contribution is 2.24. The highest BCUT2D eigenvalue weighted by atomic mass is 32.2. The third-order valence-corrected chi connectivity index (χ3v) is 4.08. The second kappa shape index (κ2) is 3.38. The highest BCUT2D eigenvalue weighted by molar-refractivity contribution is 7.91. The van der Waals surface area contributed by atoms with Gasteiger partial charge in [-0.25, -0.2) is 8.42 Å². The Morgan fingerprint density at radius 2 is 1.85 bits per heavy atom. The van der Waals surface area contributed by atoms with E-state index in [-0.39, 0.29) is 17.3 Å². The number of sulfone groups is 1. The molecule has 0 radical (unpaired) electrons. The lowest BCUT2D eigenvalue weighted by molar-refractivity contribution is -0.118. The molecule has 0 bridgehead atoms. The van der Waals surface area contributed by atoms with Crippen molar-refractivity contribution in [2.45, 2.75) is 31.7 Å². The number of hydrogen-bond donors (Lipinski definition) is 1. The Balaban J connectivity index is 2.61. The van der Waals surface area contributed by atoms with Gasteiger partial charge in [-0.3, -0.25) is 4.79 Å². The molecule has 1 aliphatic heterocycles. The first-order chi connectivity index (χ1) is 5.83. The minimum absolute atomic E-state index is 0.0294. The maximum absolute atomic E-state index is 11.1. The predicted octanol–water partition coefficient (Wildman–Crippen LogP) is -0.128. The van der Waals surface area contributed by atoms with E-state index in [4.69, 9.17) is 5.73 Å². The first-order valence-corrected chi connectivity index (χ1v) is 6.14. The van der Waals surface area contributed by atoms with Gasteiger partial charge in [-0.1, -0.05) is 0 Å². The van der Waals surface area contributed by atoms with E-state index < -0.39 is 15.4 Å². The fourth-order valence-corrected chi connectivity index (χ4v) is 3.26. The quantitative estimate of drug-likeness (QED) is 0.681. The van der Waals surface area contributed by atoms with Crippen LogP contribution in [0.3, 0.4) is 0 Å². The van der Waals surface area contributed by atoms with Crippen LogP contribution in [0.15, 0.2) is 0 Å². The van der Waals surface area contributed by atoms with Crippen molar-refractivity contribution in [1.29, 1.82) is 0 Å². The molecule has 0 saturated carbocycles. The van der Waals surface area contributed by atoms with Gasteiger partial charge in [0.25, 0.3) is 0 Å². The third kappa shape index (κ3) is 3.08. The second-order valence-corrected chi connectivity index (χ2v) is 6.20. The summed E-state index contributed by atoms with van der Waals surface area (Å²) in [6, 6.07) is 0. The SMILES string of the molecule is CC(=O)CC1(N)CCS(=O)(=O)CC1. The van der Waals surface area contributed by atoms with Crippen molar-refractivity contribution >= 4 is 15.6 Å². The normalized spacial score (nSPS) is 25.4. The summed E-state index contributed by atoms with van der Waals surface area (Å²) >= 11 is 0. The zero-order valence-corrected chi connectivity index (χ0v) is 8.56. The van der Waals surface area contributed by atoms with Gasteiger partial charge in [0.15, 0.2) is 0 Å². The molecule has 1 fully saturated rings. The lowest BCUT2D eigenvalue weighted by Gasteiger charge is -2.32. The Morgan fingerprint density at radius 1 is 1.38 bits per heavy atom. The van der Waals surface area contributed by atoms with Gasteiger partial charge in [0.2, 0.25) is 0 Å². The lowest BCUT2D eigenvalue weighted by Crippen LogP contribution is -2.48. The van der Waals surface area contributed by atoms with E-state index in [2.05, 4.69) is 0 Å². The Labute approximate surface area is 78.4 Å². The van der Waals surface area contributed by atoms with Crippen LogP contribution >= 0.6 is 0 Å². The molecule has 0 aromatic carbocycles. The van der Waals surface area contributed by atoms with E-state index in [1.54, 1.807) is 0 Å². The second-order valence-electron chi connectivity index (χ2n) is 3.89. The van der Waals surface area contributed by atoms with Crippen molar-refractivity contribution in [2.75, 3.05) is 11.5 Å². The number of rotatable bonds is 2. The lowest BCUT2D eigenvalue weighted by atomic mass is 9.88. The van der Waals surface area contributed by atoms with Gasteiger partial charge in [-0.15, -0.1) is 0 Å². The number of nitrogens with two attached hydrogens (primary N) is 1. The van der Waals surface area contributed by atoms with Crippen LogP contribution in [-0.4, -0.2) is 31.2 Å². The molecule has 5 heteroatoms. The van der Waals surface area contributed by atoms with Crippen molar-refractivity contribution < 1.29 is 13.2 Å². The molecule has 4 nitrogen and oxygen atoms in total. The Hall–Kier alpha value is -0.420. The van der Waals surface area contributed by atoms with Gasteiger partial charge in [0.05, 0.1) is 11.5 Å². The molecule has 1 saturated heterocycles. The van der Waals surface area contributed by atoms with Crippen molar-refractivity contribution in [1.82, 2.24) is 0 Å². The van der Waals surface area contributed by atoms with E-state index in [0.29, 0.717) is 19.3 Å². The maximum atomic E-state index is 11.1. The number of hydrogen-bond acceptors (Lipinski definition) is 4. The molecule has 13 heavy (non-hydrogen) atoms. The van der Waals surface area contributed by atoms with Gasteiger partial charge in [-0.05, 0) is 19.8 Å². The van der Waals surface area contributed by atoms with E-state index >= 15 is 0 Å². The van der Waals surface area contributed by atoms with E-state index in [1.807, 2.05) is 0 Å². The largest absolute Gasteiger partial charge is 0.325 e. The van der Waals surface area contributed by atoms with Crippen LogP contribution in [0.25, 0.3) is 0 Å². The number of ketones is 1. The summed E-state index contributed by atoms with van der Waals surface area (Å²) in [6.07, 6.45) is 1.12. The van der Waals surface area contributed by atoms with Crippen LogP contribution in [0.4, 0.5) is 0 Å². The van der Waals surface area contributed by atoms with E-state index in [9.17, 15) is 13.2 Å². The smallest absolute Gasteiger partial charge is 0.150 e. The topological polar surface area (TPSA) is 77.2 Å². The minimum Gasteiger partial charge on any atom is -0.325 e. The zero-order chi connectivity index (χ0) is 10.1. The van der Waals surface area contributed by atoms with Crippen molar-refractivity contribution in [2.24, 2.45) is 5.73 Å². The molecule has 0 aliphatic carbocycles. The third-order valence-electron chi connectivity index (χ3n) is 2.42. The summed E-state index contributed by atoms with van der Waals surface area (Å²) in [5, 5.41) is 0. The number of Topliss-reactive ketones (excluding diaryl/α,β-unsaturated/α-hetero) is 1. The fourth-order valence-electron chi connectivity index (χ4n) is 1.62. The first-order valence-electron chi connectivity index (χ1n) is 4.32. The first kappa shape index (κ1) is 10.7. The highest BCUT2D eigenvalue weighted by Gasteiger charge is 2.34. The molecule has 1 heterocycles. The summed E-state index contributed by atoms with van der Waals surface area (Å²) in [5.41, 5.74) is 5.32. The Bertz CT molecular complexity index is 293. The van der Waals surface area contributed by atoms with Gasteiger partial charge >= 0.3 is 0 Å². The van der Waals surface area contributed by atoms with Crippen molar-refractivity contribution in [3.63, 3.8) is 0 Å². The van der Waals surface area contributed by atoms with Crippen LogP contribution < -0.4 is 5.73 Å². The minimum atomic E-state index is -2.88. The van der Waals surface area contributed by atoms with Gasteiger partial charge in [-0.2, -0.15) is 0 Å². The summed E-state index contributed by atoms with van der Waals surface area (Å²) in [6.45, 7) is 1.48. The van der Waals surface area contributed by atoms with Gasteiger partial charge in [0.1, 0.15) is 15.6 Å². The van der Waals surface area contributed by atoms with Crippen molar-refractivity contribution in [3.8, 4) is 0 Å². The molecule has 0 aromatic heterocycles. The molecular formula is C8H15NO3S. The molecule has 0 aromatic rings. The van der Waals surface area contributed by atoms with Gasteiger partial charge in [0, 0.05) is 12.0 Å². The summed E-state index contributed by atoms with van der Waals surface area (Å²) in [5.74, 6) is 0.273. The molecular weight excluding hydrogens is 190 g/mol. The number of carbonyl (C=O) groups is 1.